The van der Waals surface area contributed by atoms with Gasteiger partial charge in [-0.1, -0.05) is 6.92 Å². The largest absolute Gasteiger partial charge is 0.444 e. The molecule has 4 atom stereocenters. The molecule has 2 heterocycles. The molecule has 2 aliphatic carbocycles. The highest BCUT2D eigenvalue weighted by atomic mass is 16.6. The number of hydrogen-bond donors (Lipinski definition) is 1. The van der Waals surface area contributed by atoms with Crippen molar-refractivity contribution in [2.45, 2.75) is 83.9 Å². The molecule has 3 fully saturated rings. The Morgan fingerprint density at radius 2 is 2.04 bits per heavy atom. The molecular weight excluding hydrogens is 354 g/mol. The normalized spacial score (nSPS) is 34.9. The van der Waals surface area contributed by atoms with Gasteiger partial charge < -0.3 is 20.3 Å². The molecule has 2 N–H and O–H groups in total. The molecular formula is C22H33N3O3. The minimum atomic E-state index is -0.486. The van der Waals surface area contributed by atoms with Crippen LogP contribution in [0, 0.1) is 11.3 Å². The Balaban J connectivity index is 1.49. The topological polar surface area (TPSA) is 75.9 Å². The van der Waals surface area contributed by atoms with Gasteiger partial charge in [-0.05, 0) is 70.4 Å². The van der Waals surface area contributed by atoms with Gasteiger partial charge in [0, 0.05) is 42.4 Å². The van der Waals surface area contributed by atoms with Crippen molar-refractivity contribution in [3.8, 4) is 0 Å². The van der Waals surface area contributed by atoms with Crippen LogP contribution in [0.4, 0.5) is 4.79 Å². The number of nitrogens with zero attached hydrogens (tertiary/aromatic N) is 2. The number of amides is 2. The Morgan fingerprint density at radius 3 is 2.64 bits per heavy atom. The first-order chi connectivity index (χ1) is 13.1. The summed E-state index contributed by atoms with van der Waals surface area (Å²) < 4.78 is 5.66. The Kier molecular flexibility index (Phi) is 4.51. The van der Waals surface area contributed by atoms with Crippen LogP contribution in [0.15, 0.2) is 23.5 Å². The fourth-order valence-corrected chi connectivity index (χ4v) is 5.75. The van der Waals surface area contributed by atoms with Crippen LogP contribution >= 0.6 is 0 Å². The maximum absolute atomic E-state index is 12.8. The molecule has 1 spiro atoms. The zero-order valence-electron chi connectivity index (χ0n) is 17.5. The van der Waals surface area contributed by atoms with Gasteiger partial charge in [0.05, 0.1) is 0 Å². The van der Waals surface area contributed by atoms with Crippen LogP contribution in [0.25, 0.3) is 0 Å². The Hall–Kier alpha value is -1.98. The SMILES string of the molecule is CCC1C2CC3(CC(=O)N(C4=CC=C(N)CC4)C3)CC2N1C(=O)OC(C)(C)C. The molecule has 2 aliphatic heterocycles. The second-order valence-corrected chi connectivity index (χ2v) is 10.1. The monoisotopic (exact) mass is 387 g/mol. The van der Waals surface area contributed by atoms with E-state index in [9.17, 15) is 9.59 Å². The highest BCUT2D eigenvalue weighted by Crippen LogP contribution is 2.58. The van der Waals surface area contributed by atoms with Crippen molar-refractivity contribution in [2.75, 3.05) is 6.54 Å². The summed E-state index contributed by atoms with van der Waals surface area (Å²) in [5.41, 5.74) is 7.34. The maximum atomic E-state index is 12.8. The molecule has 0 aromatic heterocycles. The van der Waals surface area contributed by atoms with E-state index in [0.717, 1.165) is 50.0 Å². The second-order valence-electron chi connectivity index (χ2n) is 10.1. The molecule has 2 saturated heterocycles. The van der Waals surface area contributed by atoms with Crippen molar-refractivity contribution in [2.24, 2.45) is 17.1 Å². The predicted octanol–water partition coefficient (Wildman–Crippen LogP) is 3.53. The first-order valence-electron chi connectivity index (χ1n) is 10.6. The third-order valence-corrected chi connectivity index (χ3v) is 6.86. The molecule has 1 saturated carbocycles. The summed E-state index contributed by atoms with van der Waals surface area (Å²) in [7, 11) is 0. The number of carbonyl (C=O) groups excluding carboxylic acids is 2. The van der Waals surface area contributed by atoms with Gasteiger partial charge in [0.15, 0.2) is 0 Å². The summed E-state index contributed by atoms with van der Waals surface area (Å²) in [4.78, 5) is 29.5. The van der Waals surface area contributed by atoms with Crippen LogP contribution < -0.4 is 5.73 Å². The third-order valence-electron chi connectivity index (χ3n) is 6.86. The van der Waals surface area contributed by atoms with Gasteiger partial charge in [-0.3, -0.25) is 4.79 Å². The Morgan fingerprint density at radius 1 is 1.29 bits per heavy atom. The molecule has 154 valence electrons. The average molecular weight is 388 g/mol. The van der Waals surface area contributed by atoms with E-state index < -0.39 is 5.60 Å². The van der Waals surface area contributed by atoms with Gasteiger partial charge in [0.2, 0.25) is 5.91 Å². The summed E-state index contributed by atoms with van der Waals surface area (Å²) >= 11 is 0. The van der Waals surface area contributed by atoms with Crippen molar-refractivity contribution in [1.82, 2.24) is 9.80 Å². The Bertz CT molecular complexity index is 751. The second kappa shape index (κ2) is 6.53. The molecule has 2 amide bonds. The molecule has 0 aromatic carbocycles. The van der Waals surface area contributed by atoms with E-state index in [1.807, 2.05) is 42.7 Å². The molecule has 28 heavy (non-hydrogen) atoms. The lowest BCUT2D eigenvalue weighted by atomic mass is 9.80. The molecule has 6 nitrogen and oxygen atoms in total. The lowest BCUT2D eigenvalue weighted by Crippen LogP contribution is -2.64. The molecule has 0 bridgehead atoms. The van der Waals surface area contributed by atoms with Gasteiger partial charge in [0.25, 0.3) is 0 Å². The van der Waals surface area contributed by atoms with Gasteiger partial charge in [-0.15, -0.1) is 0 Å². The standard InChI is InChI=1S/C22H33N3O3/c1-5-17-16-10-22(11-18(16)25(17)20(27)28-21(2,3)4)12-19(26)24(13-22)15-8-6-14(23)7-9-15/h6,8,16-18H,5,7,9-13,23H2,1-4H3. The van der Waals surface area contributed by atoms with Crippen molar-refractivity contribution in [3.63, 3.8) is 0 Å². The van der Waals surface area contributed by atoms with Gasteiger partial charge >= 0.3 is 6.09 Å². The zero-order chi connectivity index (χ0) is 20.3. The van der Waals surface area contributed by atoms with E-state index in [2.05, 4.69) is 6.92 Å². The van der Waals surface area contributed by atoms with Crippen molar-refractivity contribution >= 4 is 12.0 Å². The highest BCUT2D eigenvalue weighted by molar-refractivity contribution is 5.82. The smallest absolute Gasteiger partial charge is 0.410 e. The van der Waals surface area contributed by atoms with Crippen LogP contribution in [0.2, 0.25) is 0 Å². The van der Waals surface area contributed by atoms with Crippen LogP contribution in [0.3, 0.4) is 0 Å². The van der Waals surface area contributed by atoms with Gasteiger partial charge in [-0.2, -0.15) is 0 Å². The minimum Gasteiger partial charge on any atom is -0.444 e. The fraction of sp³-hybridized carbons (Fsp3) is 0.727. The van der Waals surface area contributed by atoms with E-state index >= 15 is 0 Å². The lowest BCUT2D eigenvalue weighted by molar-refractivity contribution is -0.126. The lowest BCUT2D eigenvalue weighted by Gasteiger charge is -2.52. The van der Waals surface area contributed by atoms with E-state index in [0.29, 0.717) is 12.3 Å². The quantitative estimate of drug-likeness (QED) is 0.786. The molecule has 4 unspecified atom stereocenters. The molecule has 0 radical (unpaired) electrons. The Labute approximate surface area is 167 Å². The van der Waals surface area contributed by atoms with Crippen LogP contribution in [0.5, 0.6) is 0 Å². The summed E-state index contributed by atoms with van der Waals surface area (Å²) in [6.07, 6.45) is 8.84. The van der Waals surface area contributed by atoms with Crippen molar-refractivity contribution in [3.05, 3.63) is 23.5 Å². The van der Waals surface area contributed by atoms with Crippen molar-refractivity contribution < 1.29 is 14.3 Å². The predicted molar refractivity (Wildman–Crippen MR) is 107 cm³/mol. The van der Waals surface area contributed by atoms with Crippen molar-refractivity contribution in [1.29, 1.82) is 0 Å². The van der Waals surface area contributed by atoms with Crippen LogP contribution in [-0.2, 0) is 9.53 Å². The molecule has 4 aliphatic rings. The number of ether oxygens (including phenoxy) is 1. The molecule has 4 rings (SSSR count). The minimum absolute atomic E-state index is 0.00978. The van der Waals surface area contributed by atoms with E-state index in [4.69, 9.17) is 10.5 Å². The first-order valence-corrected chi connectivity index (χ1v) is 10.6. The highest BCUT2D eigenvalue weighted by Gasteiger charge is 2.62. The van der Waals surface area contributed by atoms with Gasteiger partial charge in [0.1, 0.15) is 5.60 Å². The number of likely N-dealkylation sites (tertiary alicyclic amines) is 2. The number of allylic oxidation sites excluding steroid dienone is 4. The summed E-state index contributed by atoms with van der Waals surface area (Å²) in [6.45, 7) is 8.64. The summed E-state index contributed by atoms with van der Waals surface area (Å²) in [5.74, 6) is 0.708. The summed E-state index contributed by atoms with van der Waals surface area (Å²) in [5, 5.41) is 0. The number of nitrogens with two attached hydrogens (primary N) is 1. The molecule has 0 aromatic rings. The molecule has 6 heteroatoms. The van der Waals surface area contributed by atoms with Gasteiger partial charge in [-0.25, -0.2) is 4.79 Å². The van der Waals surface area contributed by atoms with E-state index in [-0.39, 0.29) is 29.5 Å². The maximum Gasteiger partial charge on any atom is 0.410 e. The number of hydrogen-bond acceptors (Lipinski definition) is 4. The third kappa shape index (κ3) is 3.20. The van der Waals surface area contributed by atoms with Crippen LogP contribution in [-0.4, -0.2) is 46.0 Å². The zero-order valence-corrected chi connectivity index (χ0v) is 17.5. The summed E-state index contributed by atoms with van der Waals surface area (Å²) in [6, 6.07) is 0.448. The fourth-order valence-electron chi connectivity index (χ4n) is 5.75. The van der Waals surface area contributed by atoms with E-state index in [1.165, 1.54) is 0 Å². The average Bonchev–Trinajstić information content (AvgIpc) is 3.06. The first kappa shape index (κ1) is 19.3. The number of carbonyl (C=O) groups is 2. The van der Waals surface area contributed by atoms with Crippen LogP contribution in [0.1, 0.15) is 66.2 Å². The number of fused-ring (bicyclic) bond motifs is 1. The van der Waals surface area contributed by atoms with E-state index in [1.54, 1.807) is 0 Å². The number of rotatable bonds is 2.